The highest BCUT2D eigenvalue weighted by molar-refractivity contribution is 5.88. The zero-order chi connectivity index (χ0) is 15.8. The Morgan fingerprint density at radius 3 is 2.68 bits per heavy atom. The summed E-state index contributed by atoms with van der Waals surface area (Å²) in [7, 11) is 3.25. The molecule has 0 spiro atoms. The molecule has 0 aromatic carbocycles. The van der Waals surface area contributed by atoms with Crippen molar-refractivity contribution < 1.29 is 14.2 Å². The summed E-state index contributed by atoms with van der Waals surface area (Å²) in [5.74, 6) is 1.26. The summed E-state index contributed by atoms with van der Waals surface area (Å²) in [6.45, 7) is 3.63. The van der Waals surface area contributed by atoms with Gasteiger partial charge in [-0.25, -0.2) is 4.98 Å². The first-order valence-corrected chi connectivity index (χ1v) is 7.61. The van der Waals surface area contributed by atoms with Gasteiger partial charge in [0.2, 0.25) is 0 Å². The lowest BCUT2D eigenvalue weighted by Gasteiger charge is -2.24. The van der Waals surface area contributed by atoms with E-state index in [1.807, 2.05) is 19.1 Å². The predicted octanol–water partition coefficient (Wildman–Crippen LogP) is 2.59. The van der Waals surface area contributed by atoms with Crippen molar-refractivity contribution in [1.29, 1.82) is 0 Å². The Bertz CT molecular complexity index is 466. The van der Waals surface area contributed by atoms with E-state index in [0.29, 0.717) is 11.7 Å². The van der Waals surface area contributed by atoms with Gasteiger partial charge < -0.3 is 14.2 Å². The van der Waals surface area contributed by atoms with Gasteiger partial charge in [-0.05, 0) is 43.7 Å². The monoisotopic (exact) mass is 307 g/mol. The molecule has 1 aliphatic rings. The number of rotatable bonds is 7. The number of aryl methyl sites for hydroxylation is 1. The number of nitrogens with zero attached hydrogens (tertiary/aromatic N) is 2. The van der Waals surface area contributed by atoms with Crippen LogP contribution < -0.4 is 5.43 Å². The van der Waals surface area contributed by atoms with E-state index in [9.17, 15) is 0 Å². The summed E-state index contributed by atoms with van der Waals surface area (Å²) in [4.78, 5) is 4.29. The van der Waals surface area contributed by atoms with Crippen molar-refractivity contribution in [2.75, 3.05) is 32.9 Å². The molecule has 1 N–H and O–H groups in total. The number of methoxy groups -OCH3 is 2. The van der Waals surface area contributed by atoms with E-state index in [-0.39, 0.29) is 0 Å². The van der Waals surface area contributed by atoms with Gasteiger partial charge in [-0.1, -0.05) is 6.07 Å². The second-order valence-electron chi connectivity index (χ2n) is 5.50. The summed E-state index contributed by atoms with van der Waals surface area (Å²) >= 11 is 0. The van der Waals surface area contributed by atoms with Gasteiger partial charge in [0.05, 0.1) is 5.71 Å². The van der Waals surface area contributed by atoms with Crippen LogP contribution >= 0.6 is 0 Å². The Kier molecular flexibility index (Phi) is 6.76. The van der Waals surface area contributed by atoms with Crippen molar-refractivity contribution in [3.05, 3.63) is 23.9 Å². The molecule has 6 nitrogen and oxygen atoms in total. The summed E-state index contributed by atoms with van der Waals surface area (Å²) in [6.07, 6.45) is 4.28. The van der Waals surface area contributed by atoms with Gasteiger partial charge in [-0.2, -0.15) is 5.10 Å². The van der Waals surface area contributed by atoms with E-state index in [0.717, 1.165) is 43.8 Å². The van der Waals surface area contributed by atoms with E-state index in [4.69, 9.17) is 14.2 Å². The molecule has 0 amide bonds. The van der Waals surface area contributed by atoms with Gasteiger partial charge in [0.25, 0.3) is 0 Å². The van der Waals surface area contributed by atoms with Crippen LogP contribution in [-0.2, 0) is 14.2 Å². The summed E-state index contributed by atoms with van der Waals surface area (Å²) in [6, 6.07) is 3.90. The average molecular weight is 307 g/mol. The Morgan fingerprint density at radius 2 is 2.09 bits per heavy atom. The minimum Gasteiger partial charge on any atom is -0.381 e. The molecule has 22 heavy (non-hydrogen) atoms. The molecule has 2 heterocycles. The first kappa shape index (κ1) is 16.9. The van der Waals surface area contributed by atoms with Crippen LogP contribution in [0.5, 0.6) is 0 Å². The standard InChI is InChI=1S/C16H25N3O3/c1-12-4-5-15(17-11-12)19-18-14(16(20-2)21-3)10-13-6-8-22-9-7-13/h4-5,11,13,16H,6-10H2,1-3H3,(H,17,19)/b18-14-. The number of hydrogen-bond acceptors (Lipinski definition) is 6. The smallest absolute Gasteiger partial charge is 0.198 e. The van der Waals surface area contributed by atoms with E-state index < -0.39 is 6.29 Å². The summed E-state index contributed by atoms with van der Waals surface area (Å²) in [5, 5.41) is 4.47. The fourth-order valence-electron chi connectivity index (χ4n) is 2.47. The first-order chi connectivity index (χ1) is 10.7. The van der Waals surface area contributed by atoms with Crippen LogP contribution in [0, 0.1) is 12.8 Å². The minimum atomic E-state index is -0.444. The van der Waals surface area contributed by atoms with Crippen LogP contribution in [0.1, 0.15) is 24.8 Å². The zero-order valence-electron chi connectivity index (χ0n) is 13.5. The fourth-order valence-corrected chi connectivity index (χ4v) is 2.47. The molecule has 1 aromatic rings. The fraction of sp³-hybridized carbons (Fsp3) is 0.625. The Hall–Kier alpha value is -1.50. The molecular weight excluding hydrogens is 282 g/mol. The highest BCUT2D eigenvalue weighted by atomic mass is 16.7. The van der Waals surface area contributed by atoms with Crippen molar-refractivity contribution in [3.8, 4) is 0 Å². The molecule has 0 radical (unpaired) electrons. The summed E-state index contributed by atoms with van der Waals surface area (Å²) in [5.41, 5.74) is 4.96. The lowest BCUT2D eigenvalue weighted by Crippen LogP contribution is -2.30. The molecule has 0 bridgehead atoms. The van der Waals surface area contributed by atoms with E-state index >= 15 is 0 Å². The van der Waals surface area contributed by atoms with Gasteiger partial charge in [0.1, 0.15) is 5.82 Å². The van der Waals surface area contributed by atoms with Crippen LogP contribution in [0.3, 0.4) is 0 Å². The van der Waals surface area contributed by atoms with E-state index in [2.05, 4.69) is 15.5 Å². The quantitative estimate of drug-likeness (QED) is 0.476. The van der Waals surface area contributed by atoms with Crippen LogP contribution in [0.2, 0.25) is 0 Å². The number of anilines is 1. The van der Waals surface area contributed by atoms with Crippen LogP contribution in [-0.4, -0.2) is 44.4 Å². The lowest BCUT2D eigenvalue weighted by atomic mass is 9.94. The molecular formula is C16H25N3O3. The second-order valence-corrected chi connectivity index (χ2v) is 5.50. The van der Waals surface area contributed by atoms with E-state index in [1.54, 1.807) is 20.4 Å². The van der Waals surface area contributed by atoms with Gasteiger partial charge in [-0.3, -0.25) is 5.43 Å². The highest BCUT2D eigenvalue weighted by Gasteiger charge is 2.22. The molecule has 1 fully saturated rings. The third kappa shape index (κ3) is 5.05. The predicted molar refractivity (Wildman–Crippen MR) is 86.0 cm³/mol. The van der Waals surface area contributed by atoms with Crippen molar-refractivity contribution >= 4 is 11.5 Å². The number of aromatic nitrogens is 1. The molecule has 0 saturated carbocycles. The molecule has 122 valence electrons. The number of nitrogens with one attached hydrogen (secondary N) is 1. The van der Waals surface area contributed by atoms with Crippen LogP contribution in [0.25, 0.3) is 0 Å². The highest BCUT2D eigenvalue weighted by Crippen LogP contribution is 2.21. The zero-order valence-corrected chi connectivity index (χ0v) is 13.5. The number of hydrazone groups is 1. The van der Waals surface area contributed by atoms with Crippen molar-refractivity contribution in [2.24, 2.45) is 11.0 Å². The molecule has 1 saturated heterocycles. The van der Waals surface area contributed by atoms with Gasteiger partial charge >= 0.3 is 0 Å². The number of pyridine rings is 1. The van der Waals surface area contributed by atoms with Crippen molar-refractivity contribution in [3.63, 3.8) is 0 Å². The molecule has 0 unspecified atom stereocenters. The molecule has 1 aromatic heterocycles. The topological polar surface area (TPSA) is 65.0 Å². The summed E-state index contributed by atoms with van der Waals surface area (Å²) < 4.78 is 16.1. The largest absolute Gasteiger partial charge is 0.381 e. The second kappa shape index (κ2) is 8.82. The maximum atomic E-state index is 5.41. The van der Waals surface area contributed by atoms with Crippen LogP contribution in [0.15, 0.2) is 23.4 Å². The maximum absolute atomic E-state index is 5.41. The Labute approximate surface area is 131 Å². The molecule has 1 aliphatic heterocycles. The third-order valence-corrected chi connectivity index (χ3v) is 3.76. The van der Waals surface area contributed by atoms with Crippen LogP contribution in [0.4, 0.5) is 5.82 Å². The average Bonchev–Trinajstić information content (AvgIpc) is 2.56. The van der Waals surface area contributed by atoms with E-state index in [1.165, 1.54) is 0 Å². The number of hydrogen-bond donors (Lipinski definition) is 1. The third-order valence-electron chi connectivity index (χ3n) is 3.76. The Balaban J connectivity index is 2.04. The molecule has 2 rings (SSSR count). The maximum Gasteiger partial charge on any atom is 0.198 e. The molecule has 6 heteroatoms. The minimum absolute atomic E-state index is 0.444. The SMILES string of the molecule is COC(OC)/C(CC1CCOCC1)=N\Nc1ccc(C)cn1. The Morgan fingerprint density at radius 1 is 1.36 bits per heavy atom. The van der Waals surface area contributed by atoms with Crippen molar-refractivity contribution in [2.45, 2.75) is 32.5 Å². The van der Waals surface area contributed by atoms with Gasteiger partial charge in [-0.15, -0.1) is 0 Å². The molecule has 0 aliphatic carbocycles. The van der Waals surface area contributed by atoms with Gasteiger partial charge in [0.15, 0.2) is 6.29 Å². The van der Waals surface area contributed by atoms with Gasteiger partial charge in [0, 0.05) is 33.6 Å². The van der Waals surface area contributed by atoms with Crippen molar-refractivity contribution in [1.82, 2.24) is 4.98 Å². The molecule has 0 atom stereocenters. The lowest BCUT2D eigenvalue weighted by molar-refractivity contribution is -0.0543. The normalized spacial score (nSPS) is 17.0. The first-order valence-electron chi connectivity index (χ1n) is 7.61. The number of ether oxygens (including phenoxy) is 3.